The van der Waals surface area contributed by atoms with Crippen molar-refractivity contribution < 1.29 is 4.74 Å². The highest BCUT2D eigenvalue weighted by atomic mass is 16.5. The number of hydrogen-bond donors (Lipinski definition) is 1. The van der Waals surface area contributed by atoms with E-state index in [0.717, 1.165) is 55.9 Å². The predicted octanol–water partition coefficient (Wildman–Crippen LogP) is 3.90. The third-order valence-electron chi connectivity index (χ3n) is 2.95. The lowest BCUT2D eigenvalue weighted by Gasteiger charge is -2.14. The van der Waals surface area contributed by atoms with Gasteiger partial charge in [-0.1, -0.05) is 19.9 Å². The number of unbranched alkanes of at least 4 members (excludes halogenated alkanes) is 1. The van der Waals surface area contributed by atoms with Gasteiger partial charge in [-0.25, -0.2) is 4.98 Å². The molecule has 1 heterocycles. The van der Waals surface area contributed by atoms with Gasteiger partial charge in [-0.05, 0) is 32.6 Å². The van der Waals surface area contributed by atoms with Crippen molar-refractivity contribution in [3.05, 3.63) is 24.0 Å². The maximum atomic E-state index is 5.81. The van der Waals surface area contributed by atoms with E-state index in [2.05, 4.69) is 35.7 Å². The molecule has 0 radical (unpaired) electrons. The molecule has 0 saturated carbocycles. The second-order valence-electron chi connectivity index (χ2n) is 4.87. The maximum Gasteiger partial charge on any atom is 0.221 e. The molecule has 1 aromatic rings. The maximum absolute atomic E-state index is 5.81. The fraction of sp³-hybridized carbons (Fsp3) is 0.625. The summed E-state index contributed by atoms with van der Waals surface area (Å²) in [6, 6.07) is 0. The van der Waals surface area contributed by atoms with E-state index >= 15 is 0 Å². The van der Waals surface area contributed by atoms with Crippen LogP contribution in [0.5, 0.6) is 5.88 Å². The first-order valence-electron chi connectivity index (χ1n) is 7.58. The first-order chi connectivity index (χ1) is 9.72. The van der Waals surface area contributed by atoms with Crippen LogP contribution in [0.1, 0.15) is 50.9 Å². The van der Waals surface area contributed by atoms with Crippen LogP contribution in [-0.2, 0) is 6.42 Å². The Morgan fingerprint density at radius 1 is 1.25 bits per heavy atom. The van der Waals surface area contributed by atoms with E-state index in [4.69, 9.17) is 4.74 Å². The topological polar surface area (TPSA) is 47.0 Å². The third kappa shape index (κ3) is 5.19. The average molecular weight is 277 g/mol. The van der Waals surface area contributed by atoms with Crippen LogP contribution in [0.4, 0.5) is 5.82 Å². The van der Waals surface area contributed by atoms with Gasteiger partial charge in [0.15, 0.2) is 0 Å². The van der Waals surface area contributed by atoms with Gasteiger partial charge >= 0.3 is 0 Å². The van der Waals surface area contributed by atoms with Crippen LogP contribution >= 0.6 is 0 Å². The van der Waals surface area contributed by atoms with Crippen LogP contribution in [0.3, 0.4) is 0 Å². The van der Waals surface area contributed by atoms with Gasteiger partial charge in [-0.3, -0.25) is 0 Å². The normalized spacial score (nSPS) is 10.3. The van der Waals surface area contributed by atoms with Crippen LogP contribution < -0.4 is 10.1 Å². The van der Waals surface area contributed by atoms with Gasteiger partial charge in [0.2, 0.25) is 5.88 Å². The molecule has 20 heavy (non-hydrogen) atoms. The van der Waals surface area contributed by atoms with E-state index in [1.165, 1.54) is 0 Å². The lowest BCUT2D eigenvalue weighted by Crippen LogP contribution is -2.10. The molecule has 0 atom stereocenters. The van der Waals surface area contributed by atoms with E-state index in [9.17, 15) is 0 Å². The van der Waals surface area contributed by atoms with Gasteiger partial charge in [0, 0.05) is 13.0 Å². The highest BCUT2D eigenvalue weighted by Crippen LogP contribution is 2.23. The first-order valence-corrected chi connectivity index (χ1v) is 7.58. The van der Waals surface area contributed by atoms with Crippen LogP contribution in [-0.4, -0.2) is 23.1 Å². The number of aryl methyl sites for hydroxylation is 1. The SMILES string of the molecule is C=CCCCOc1nc(CCC)nc(NCCC)c1C. The Hall–Kier alpha value is -1.58. The second-order valence-corrected chi connectivity index (χ2v) is 4.87. The van der Waals surface area contributed by atoms with Crippen molar-refractivity contribution in [3.63, 3.8) is 0 Å². The molecule has 0 aliphatic rings. The van der Waals surface area contributed by atoms with Crippen molar-refractivity contribution >= 4 is 5.82 Å². The summed E-state index contributed by atoms with van der Waals surface area (Å²) in [5.41, 5.74) is 0.997. The highest BCUT2D eigenvalue weighted by molar-refractivity contribution is 5.48. The monoisotopic (exact) mass is 277 g/mol. The number of rotatable bonds is 10. The number of nitrogens with one attached hydrogen (secondary N) is 1. The second kappa shape index (κ2) is 9.34. The molecule has 0 bridgehead atoms. The minimum Gasteiger partial charge on any atom is -0.477 e. The van der Waals surface area contributed by atoms with Crippen molar-refractivity contribution in [2.75, 3.05) is 18.5 Å². The van der Waals surface area contributed by atoms with Crippen LogP contribution in [0.25, 0.3) is 0 Å². The lowest BCUT2D eigenvalue weighted by atomic mass is 10.2. The van der Waals surface area contributed by atoms with Crippen molar-refractivity contribution in [2.24, 2.45) is 0 Å². The number of anilines is 1. The predicted molar refractivity (Wildman–Crippen MR) is 84.5 cm³/mol. The highest BCUT2D eigenvalue weighted by Gasteiger charge is 2.11. The summed E-state index contributed by atoms with van der Waals surface area (Å²) >= 11 is 0. The molecule has 1 aromatic heterocycles. The van der Waals surface area contributed by atoms with Gasteiger partial charge in [-0.15, -0.1) is 6.58 Å². The Morgan fingerprint density at radius 2 is 2.05 bits per heavy atom. The lowest BCUT2D eigenvalue weighted by molar-refractivity contribution is 0.296. The zero-order valence-electron chi connectivity index (χ0n) is 13.0. The number of aromatic nitrogens is 2. The Labute approximate surface area is 122 Å². The van der Waals surface area contributed by atoms with Gasteiger partial charge < -0.3 is 10.1 Å². The number of ether oxygens (including phenoxy) is 1. The molecule has 1 N–H and O–H groups in total. The van der Waals surface area contributed by atoms with Gasteiger partial charge in [0.05, 0.1) is 12.2 Å². The summed E-state index contributed by atoms with van der Waals surface area (Å²) in [6.45, 7) is 11.6. The van der Waals surface area contributed by atoms with Crippen molar-refractivity contribution in [3.8, 4) is 5.88 Å². The molecule has 0 amide bonds. The standard InChI is InChI=1S/C16H27N3O/c1-5-8-9-12-20-16-13(4)15(17-11-7-3)18-14(19-16)10-6-2/h5H,1,6-12H2,2-4H3,(H,17,18,19). The Balaban J connectivity index is 2.83. The summed E-state index contributed by atoms with van der Waals surface area (Å²) in [6.07, 6.45) is 6.83. The molecular formula is C16H27N3O. The molecule has 0 unspecified atom stereocenters. The molecule has 0 fully saturated rings. The molecule has 0 saturated heterocycles. The Bertz CT molecular complexity index is 418. The summed E-state index contributed by atoms with van der Waals surface area (Å²) in [5.74, 6) is 2.48. The fourth-order valence-corrected chi connectivity index (χ4v) is 1.83. The molecule has 4 heteroatoms. The molecule has 0 aliphatic carbocycles. The molecule has 0 aromatic carbocycles. The first kappa shape index (κ1) is 16.5. The molecule has 0 spiro atoms. The van der Waals surface area contributed by atoms with E-state index in [0.29, 0.717) is 12.5 Å². The summed E-state index contributed by atoms with van der Waals surface area (Å²) in [4.78, 5) is 9.12. The Morgan fingerprint density at radius 3 is 2.70 bits per heavy atom. The van der Waals surface area contributed by atoms with Crippen LogP contribution in [0.2, 0.25) is 0 Å². The molecule has 4 nitrogen and oxygen atoms in total. The number of nitrogens with zero attached hydrogens (tertiary/aromatic N) is 2. The van der Waals surface area contributed by atoms with E-state index in [-0.39, 0.29) is 0 Å². The van der Waals surface area contributed by atoms with E-state index in [1.807, 2.05) is 13.0 Å². The number of hydrogen-bond acceptors (Lipinski definition) is 4. The van der Waals surface area contributed by atoms with Crippen molar-refractivity contribution in [2.45, 2.75) is 52.9 Å². The number of allylic oxidation sites excluding steroid dienone is 1. The molecule has 112 valence electrons. The van der Waals surface area contributed by atoms with Crippen molar-refractivity contribution in [1.82, 2.24) is 9.97 Å². The van der Waals surface area contributed by atoms with Crippen molar-refractivity contribution in [1.29, 1.82) is 0 Å². The minimum atomic E-state index is 0.669. The molecular weight excluding hydrogens is 250 g/mol. The Kier molecular flexibility index (Phi) is 7.70. The fourth-order valence-electron chi connectivity index (χ4n) is 1.83. The quantitative estimate of drug-likeness (QED) is 0.520. The third-order valence-corrected chi connectivity index (χ3v) is 2.95. The van der Waals surface area contributed by atoms with E-state index in [1.54, 1.807) is 0 Å². The summed E-state index contributed by atoms with van der Waals surface area (Å²) in [5, 5.41) is 3.36. The van der Waals surface area contributed by atoms with Gasteiger partial charge in [0.25, 0.3) is 0 Å². The average Bonchev–Trinajstić information content (AvgIpc) is 2.45. The summed E-state index contributed by atoms with van der Waals surface area (Å²) < 4.78 is 5.81. The molecule has 0 aliphatic heterocycles. The van der Waals surface area contributed by atoms with Crippen LogP contribution in [0, 0.1) is 6.92 Å². The van der Waals surface area contributed by atoms with E-state index < -0.39 is 0 Å². The smallest absolute Gasteiger partial charge is 0.221 e. The minimum absolute atomic E-state index is 0.669. The summed E-state index contributed by atoms with van der Waals surface area (Å²) in [7, 11) is 0. The van der Waals surface area contributed by atoms with Gasteiger partial charge in [0.1, 0.15) is 11.6 Å². The zero-order chi connectivity index (χ0) is 14.8. The van der Waals surface area contributed by atoms with Gasteiger partial charge in [-0.2, -0.15) is 4.98 Å². The van der Waals surface area contributed by atoms with Crippen LogP contribution in [0.15, 0.2) is 12.7 Å². The largest absolute Gasteiger partial charge is 0.477 e. The zero-order valence-corrected chi connectivity index (χ0v) is 13.0. The molecule has 1 rings (SSSR count).